The average Bonchev–Trinajstić information content (AvgIpc) is 3.45. The number of nitrogens with zero attached hydrogens (tertiary/aromatic N) is 3. The first-order valence-corrected chi connectivity index (χ1v) is 17.6. The van der Waals surface area contributed by atoms with Crippen LogP contribution in [0.4, 0.5) is 18.9 Å². The number of fused-ring (bicyclic) bond motifs is 1. The van der Waals surface area contributed by atoms with Crippen molar-refractivity contribution in [3.63, 3.8) is 0 Å². The van der Waals surface area contributed by atoms with E-state index in [0.29, 0.717) is 12.0 Å². The summed E-state index contributed by atoms with van der Waals surface area (Å²) in [5.74, 6) is -0.276. The number of hydrogen-bond donors (Lipinski definition) is 1. The molecule has 0 bridgehead atoms. The summed E-state index contributed by atoms with van der Waals surface area (Å²) in [6, 6.07) is 16.9. The van der Waals surface area contributed by atoms with Crippen LogP contribution in [0.3, 0.4) is 0 Å². The Morgan fingerprint density at radius 3 is 2.36 bits per heavy atom. The van der Waals surface area contributed by atoms with Gasteiger partial charge in [0.15, 0.2) is 9.84 Å². The van der Waals surface area contributed by atoms with Crippen molar-refractivity contribution in [1.82, 2.24) is 9.47 Å². The number of nitro groups is 1. The number of hydrogen-bond acceptors (Lipinski definition) is 9. The van der Waals surface area contributed by atoms with E-state index in [1.54, 1.807) is 49.4 Å². The Bertz CT molecular complexity index is 1960. The fraction of sp³-hybridized carbons (Fsp3) is 0.400. The molecule has 11 nitrogen and oxygen atoms in total. The fourth-order valence-electron chi connectivity index (χ4n) is 6.42. The molecule has 1 aliphatic rings. The lowest BCUT2D eigenvalue weighted by atomic mass is 9.91. The summed E-state index contributed by atoms with van der Waals surface area (Å²) in [5.41, 5.74) is -2.56. The molecule has 1 N–H and O–H groups in total. The molecule has 1 fully saturated rings. The number of alkyl halides is 3. The lowest BCUT2D eigenvalue weighted by Gasteiger charge is -2.38. The second-order valence-electron chi connectivity index (χ2n) is 12.3. The van der Waals surface area contributed by atoms with Gasteiger partial charge in [0.1, 0.15) is 10.6 Å². The number of rotatable bonds is 13. The third kappa shape index (κ3) is 7.64. The van der Waals surface area contributed by atoms with E-state index in [1.807, 2.05) is 0 Å². The first-order valence-electron chi connectivity index (χ1n) is 16.1. The molecule has 2 heterocycles. The Kier molecular flexibility index (Phi) is 10.9. The third-order valence-corrected chi connectivity index (χ3v) is 11.4. The van der Waals surface area contributed by atoms with Crippen molar-refractivity contribution in [3.8, 4) is 5.75 Å². The molecule has 0 saturated carbocycles. The van der Waals surface area contributed by atoms with Crippen molar-refractivity contribution in [2.24, 2.45) is 0 Å². The van der Waals surface area contributed by atoms with Crippen molar-refractivity contribution < 1.29 is 45.9 Å². The lowest BCUT2D eigenvalue weighted by Crippen LogP contribution is -2.53. The molecule has 5 rings (SSSR count). The molecule has 1 saturated heterocycles. The number of aromatic nitrogens is 1. The summed E-state index contributed by atoms with van der Waals surface area (Å²) in [5, 5.41) is 22.2. The topological polar surface area (TPSA) is 141 Å². The number of ether oxygens (including phenoxy) is 2. The molecular weight excluding hydrogens is 679 g/mol. The van der Waals surface area contributed by atoms with E-state index < -0.39 is 43.9 Å². The zero-order valence-electron chi connectivity index (χ0n) is 27.6. The van der Waals surface area contributed by atoms with Gasteiger partial charge in [0.25, 0.3) is 5.69 Å². The van der Waals surface area contributed by atoms with Gasteiger partial charge in [-0.15, -0.1) is 0 Å². The van der Waals surface area contributed by atoms with Gasteiger partial charge in [0, 0.05) is 48.8 Å². The predicted molar refractivity (Wildman–Crippen MR) is 179 cm³/mol. The van der Waals surface area contributed by atoms with Crippen molar-refractivity contribution in [2.45, 2.75) is 61.1 Å². The van der Waals surface area contributed by atoms with Crippen LogP contribution in [0, 0.1) is 10.1 Å². The number of halogens is 3. The normalized spacial score (nSPS) is 15.9. The number of esters is 1. The second kappa shape index (κ2) is 14.8. The number of benzene rings is 3. The maximum atomic E-state index is 14.9. The van der Waals surface area contributed by atoms with E-state index >= 15 is 0 Å². The number of likely N-dealkylation sites (tertiary alicyclic amines) is 1. The monoisotopic (exact) mass is 717 g/mol. The molecule has 1 aromatic heterocycles. The first kappa shape index (κ1) is 36.8. The van der Waals surface area contributed by atoms with Crippen molar-refractivity contribution >= 4 is 32.4 Å². The number of non-ortho nitro benzene ring substituents is 1. The molecule has 4 aromatic rings. The number of methoxy groups -OCH3 is 1. The largest absolute Gasteiger partial charge is 0.495 e. The van der Waals surface area contributed by atoms with E-state index in [4.69, 9.17) is 9.47 Å². The fourth-order valence-corrected chi connectivity index (χ4v) is 8.30. The number of β-amino-alcohol motifs (C(OH)–C–C–N with tert-alkyl or cyclic N) is 1. The minimum Gasteiger partial charge on any atom is -0.495 e. The molecule has 1 unspecified atom stereocenters. The maximum Gasteiger partial charge on any atom is 0.422 e. The van der Waals surface area contributed by atoms with E-state index in [1.165, 1.54) is 41.0 Å². The van der Waals surface area contributed by atoms with Crippen molar-refractivity contribution in [1.29, 1.82) is 0 Å². The number of carbonyl (C=O) groups is 1. The third-order valence-electron chi connectivity index (χ3n) is 9.07. The minimum absolute atomic E-state index is 0.00595. The molecule has 0 aliphatic carbocycles. The number of nitro benzene ring substituents is 1. The highest BCUT2D eigenvalue weighted by molar-refractivity contribution is 7.92. The molecule has 1 atom stereocenters. The Balaban J connectivity index is 1.38. The number of sulfone groups is 1. The van der Waals surface area contributed by atoms with Gasteiger partial charge in [-0.05, 0) is 68.6 Å². The van der Waals surface area contributed by atoms with Crippen LogP contribution >= 0.6 is 0 Å². The molecule has 1 aliphatic heterocycles. The van der Waals surface area contributed by atoms with E-state index in [2.05, 4.69) is 0 Å². The first-order chi connectivity index (χ1) is 23.7. The van der Waals surface area contributed by atoms with Crippen molar-refractivity contribution in [2.75, 3.05) is 33.4 Å². The Hall–Kier alpha value is -4.47. The van der Waals surface area contributed by atoms with Crippen LogP contribution in [-0.2, 0) is 37.9 Å². The van der Waals surface area contributed by atoms with Crippen LogP contribution in [0.2, 0.25) is 0 Å². The Morgan fingerprint density at radius 2 is 1.74 bits per heavy atom. The molecule has 268 valence electrons. The van der Waals surface area contributed by atoms with E-state index in [9.17, 15) is 41.6 Å². The predicted octanol–water partition coefficient (Wildman–Crippen LogP) is 5.79. The molecule has 0 amide bonds. The highest BCUT2D eigenvalue weighted by Crippen LogP contribution is 2.44. The zero-order chi connectivity index (χ0) is 36.3. The van der Waals surface area contributed by atoms with Crippen LogP contribution in [0.1, 0.15) is 42.9 Å². The summed E-state index contributed by atoms with van der Waals surface area (Å²) in [6.07, 6.45) is -3.52. The number of aryl methyl sites for hydroxylation is 1. The summed E-state index contributed by atoms with van der Waals surface area (Å²) < 4.78 is 84.0. The van der Waals surface area contributed by atoms with Crippen LogP contribution in [-0.4, -0.2) is 78.7 Å². The highest BCUT2D eigenvalue weighted by Gasteiger charge is 2.57. The van der Waals surface area contributed by atoms with Gasteiger partial charge in [0.05, 0.1) is 29.4 Å². The SMILES string of the molecule is CCOC(=O)CCc1ccc(S(=O)(=O)C2CCN(CC(O)(c3cn(Cc4ccccc4)c4cc([N+](=O)[O-])ccc34)C(F)(F)F)CC2)c(OC)c1. The molecule has 3 aromatic carbocycles. The van der Waals surface area contributed by atoms with Gasteiger partial charge in [-0.25, -0.2) is 8.42 Å². The molecule has 0 spiro atoms. The standard InChI is InChI=1S/C35H38F3N3O8S/c1-3-49-33(42)14-10-24-9-13-32(31(19-24)48-2)50(46,47)27-15-17-39(18-16-27)23-34(43,35(36,37)38)29-22-40(21-25-7-5-4-6-8-25)30-20-26(41(44)45)11-12-28(29)30/h4-9,11-13,19-20,22,27,43H,3,10,14-18,21,23H2,1-2H3. The lowest BCUT2D eigenvalue weighted by molar-refractivity contribution is -0.384. The highest BCUT2D eigenvalue weighted by atomic mass is 32.2. The van der Waals surface area contributed by atoms with Gasteiger partial charge >= 0.3 is 12.1 Å². The van der Waals surface area contributed by atoms with Gasteiger partial charge in [0.2, 0.25) is 5.60 Å². The molecule has 15 heteroatoms. The van der Waals surface area contributed by atoms with Gasteiger partial charge < -0.3 is 19.1 Å². The molecule has 0 radical (unpaired) electrons. The molecular formula is C35H38F3N3O8S. The van der Waals surface area contributed by atoms with Crippen LogP contribution in [0.25, 0.3) is 10.9 Å². The summed E-state index contributed by atoms with van der Waals surface area (Å²) in [7, 11) is -2.63. The van der Waals surface area contributed by atoms with E-state index in [-0.39, 0.29) is 78.7 Å². The average molecular weight is 718 g/mol. The van der Waals surface area contributed by atoms with Gasteiger partial charge in [-0.1, -0.05) is 36.4 Å². The zero-order valence-corrected chi connectivity index (χ0v) is 28.4. The van der Waals surface area contributed by atoms with Gasteiger partial charge in [-0.2, -0.15) is 13.2 Å². The van der Waals surface area contributed by atoms with Crippen LogP contribution in [0.15, 0.2) is 77.8 Å². The quantitative estimate of drug-likeness (QED) is 0.103. The van der Waals surface area contributed by atoms with Crippen LogP contribution < -0.4 is 4.74 Å². The summed E-state index contributed by atoms with van der Waals surface area (Å²) >= 11 is 0. The number of carbonyl (C=O) groups excluding carboxylic acids is 1. The summed E-state index contributed by atoms with van der Waals surface area (Å²) in [4.78, 5) is 24.0. The van der Waals surface area contributed by atoms with Crippen LogP contribution in [0.5, 0.6) is 5.75 Å². The number of aliphatic hydroxyl groups is 1. The molecule has 50 heavy (non-hydrogen) atoms. The summed E-state index contributed by atoms with van der Waals surface area (Å²) in [6.45, 7) is 1.09. The van der Waals surface area contributed by atoms with Crippen molar-refractivity contribution in [3.05, 3.63) is 99.7 Å². The Labute approximate surface area is 287 Å². The maximum absolute atomic E-state index is 14.9. The van der Waals surface area contributed by atoms with Gasteiger partial charge in [-0.3, -0.25) is 19.8 Å². The second-order valence-corrected chi connectivity index (χ2v) is 14.5. The number of piperidine rings is 1. The van der Waals surface area contributed by atoms with E-state index in [0.717, 1.165) is 11.6 Å². The smallest absolute Gasteiger partial charge is 0.422 e. The Morgan fingerprint density at radius 1 is 1.04 bits per heavy atom. The minimum atomic E-state index is -5.15.